The molecule has 0 spiro atoms. The van der Waals surface area contributed by atoms with Crippen LogP contribution >= 0.6 is 23.5 Å². The van der Waals surface area contributed by atoms with Crippen molar-refractivity contribution in [2.24, 2.45) is 4.99 Å². The molecule has 0 bridgehead atoms. The summed E-state index contributed by atoms with van der Waals surface area (Å²) in [6, 6.07) is 6.05. The normalized spacial score (nSPS) is 23.5. The fraction of sp³-hybridized carbons (Fsp3) is 0.538. The number of ether oxygens (including phenoxy) is 1. The Morgan fingerprint density at radius 3 is 3.05 bits per heavy atom. The van der Waals surface area contributed by atoms with E-state index in [0.717, 1.165) is 43.6 Å². The molecule has 2 aliphatic rings. The molecule has 3 heterocycles. The lowest BCUT2D eigenvalue weighted by Gasteiger charge is -2.28. The number of aromatic nitrogens is 1. The van der Waals surface area contributed by atoms with Gasteiger partial charge in [0.25, 0.3) is 0 Å². The lowest BCUT2D eigenvalue weighted by molar-refractivity contribution is 0.0693. The van der Waals surface area contributed by atoms with Gasteiger partial charge in [0, 0.05) is 30.3 Å². The third kappa shape index (κ3) is 3.64. The molecule has 0 amide bonds. The zero-order valence-electron chi connectivity index (χ0n) is 10.7. The van der Waals surface area contributed by atoms with Crippen molar-refractivity contribution in [3.05, 3.63) is 24.4 Å². The average Bonchev–Trinajstić information content (AvgIpc) is 2.96. The van der Waals surface area contributed by atoms with Crippen LogP contribution in [0.3, 0.4) is 0 Å². The number of pyridine rings is 1. The molecule has 0 unspecified atom stereocenters. The van der Waals surface area contributed by atoms with Crippen LogP contribution in [0.1, 0.15) is 0 Å². The minimum Gasteiger partial charge on any atom is -0.378 e. The van der Waals surface area contributed by atoms with Gasteiger partial charge in [0.1, 0.15) is 0 Å². The molecule has 0 aliphatic carbocycles. The molecular weight excluding hydrogens is 278 g/mol. The van der Waals surface area contributed by atoms with Gasteiger partial charge in [-0.25, -0.2) is 4.98 Å². The van der Waals surface area contributed by atoms with E-state index in [1.54, 1.807) is 0 Å². The topological polar surface area (TPSA) is 37.7 Å². The predicted octanol–water partition coefficient (Wildman–Crippen LogP) is 1.98. The molecule has 3 rings (SSSR count). The lowest BCUT2D eigenvalue weighted by atomic mass is 10.4. The van der Waals surface area contributed by atoms with Crippen LogP contribution in [-0.4, -0.2) is 58.9 Å². The smallest absolute Gasteiger partial charge is 0.159 e. The summed E-state index contributed by atoms with van der Waals surface area (Å²) in [6.45, 7) is 4.54. The Morgan fingerprint density at radius 1 is 1.37 bits per heavy atom. The molecule has 0 aromatic carbocycles. The molecule has 19 heavy (non-hydrogen) atoms. The van der Waals surface area contributed by atoms with Gasteiger partial charge < -0.3 is 9.64 Å². The average molecular weight is 295 g/mol. The molecule has 1 aromatic heterocycles. The number of thioether (sulfide) groups is 2. The highest BCUT2D eigenvalue weighted by Gasteiger charge is 2.25. The molecule has 0 saturated carbocycles. The Balaban J connectivity index is 1.45. The molecule has 102 valence electrons. The third-order valence-corrected chi connectivity index (χ3v) is 5.60. The largest absolute Gasteiger partial charge is 0.378 e. The number of morpholine rings is 1. The van der Waals surface area contributed by atoms with Gasteiger partial charge >= 0.3 is 0 Å². The van der Waals surface area contributed by atoms with E-state index in [-0.39, 0.29) is 0 Å². The van der Waals surface area contributed by atoms with E-state index in [1.165, 1.54) is 5.17 Å². The second-order valence-corrected chi connectivity index (χ2v) is 6.75. The van der Waals surface area contributed by atoms with Crippen molar-refractivity contribution in [2.75, 3.05) is 38.6 Å². The molecule has 0 radical (unpaired) electrons. The Labute approximate surface area is 122 Å². The number of hydrogen-bond acceptors (Lipinski definition) is 6. The predicted molar refractivity (Wildman–Crippen MR) is 81.0 cm³/mol. The summed E-state index contributed by atoms with van der Waals surface area (Å²) in [5.41, 5.74) is 0. The first kappa shape index (κ1) is 13.3. The Kier molecular flexibility index (Phi) is 4.63. The summed E-state index contributed by atoms with van der Waals surface area (Å²) >= 11 is 3.73. The Hall–Kier alpha value is -0.720. The third-order valence-electron chi connectivity index (χ3n) is 3.04. The standard InChI is InChI=1S/C13H17N3OS2/c1-2-4-14-12(3-1)18-10-11-9-15-13(19-11)16-5-7-17-8-6-16/h1-4,11H,5-10H2/t11-/m1/s1. The summed E-state index contributed by atoms with van der Waals surface area (Å²) in [7, 11) is 0. The summed E-state index contributed by atoms with van der Waals surface area (Å²) < 4.78 is 5.37. The number of nitrogens with zero attached hydrogens (tertiary/aromatic N) is 3. The summed E-state index contributed by atoms with van der Waals surface area (Å²) in [5.74, 6) is 1.07. The van der Waals surface area contributed by atoms with E-state index in [9.17, 15) is 0 Å². The maximum absolute atomic E-state index is 5.37. The molecule has 1 saturated heterocycles. The van der Waals surface area contributed by atoms with Crippen molar-refractivity contribution in [1.82, 2.24) is 9.88 Å². The highest BCUT2D eigenvalue weighted by Crippen LogP contribution is 2.28. The summed E-state index contributed by atoms with van der Waals surface area (Å²) in [5, 5.41) is 2.88. The van der Waals surface area contributed by atoms with Crippen molar-refractivity contribution in [2.45, 2.75) is 10.3 Å². The van der Waals surface area contributed by atoms with E-state index >= 15 is 0 Å². The van der Waals surface area contributed by atoms with Crippen LogP contribution < -0.4 is 0 Å². The van der Waals surface area contributed by atoms with Gasteiger partial charge in [0.2, 0.25) is 0 Å². The fourth-order valence-corrected chi connectivity index (χ4v) is 4.21. The number of hydrogen-bond donors (Lipinski definition) is 0. The molecule has 2 aliphatic heterocycles. The molecule has 1 atom stereocenters. The molecular formula is C13H17N3OS2. The second kappa shape index (κ2) is 6.63. The SMILES string of the molecule is c1ccc(SC[C@H]2CN=C(N3CCOCC3)S2)nc1. The zero-order chi connectivity index (χ0) is 12.9. The van der Waals surface area contributed by atoms with Crippen LogP contribution in [-0.2, 0) is 4.74 Å². The maximum Gasteiger partial charge on any atom is 0.159 e. The van der Waals surface area contributed by atoms with Crippen LogP contribution in [0.25, 0.3) is 0 Å². The van der Waals surface area contributed by atoms with Crippen LogP contribution in [0.5, 0.6) is 0 Å². The van der Waals surface area contributed by atoms with E-state index in [0.29, 0.717) is 5.25 Å². The van der Waals surface area contributed by atoms with Crippen molar-refractivity contribution in [1.29, 1.82) is 0 Å². The van der Waals surface area contributed by atoms with Crippen molar-refractivity contribution in [3.63, 3.8) is 0 Å². The number of rotatable bonds is 3. The van der Waals surface area contributed by atoms with Crippen molar-refractivity contribution < 1.29 is 4.74 Å². The van der Waals surface area contributed by atoms with Gasteiger partial charge in [0.15, 0.2) is 5.17 Å². The minimum absolute atomic E-state index is 0.574. The van der Waals surface area contributed by atoms with Crippen LogP contribution in [0, 0.1) is 0 Å². The maximum atomic E-state index is 5.37. The molecule has 6 heteroatoms. The first-order chi connectivity index (χ1) is 9.42. The minimum atomic E-state index is 0.574. The summed E-state index contributed by atoms with van der Waals surface area (Å²) in [6.07, 6.45) is 1.85. The van der Waals surface area contributed by atoms with E-state index < -0.39 is 0 Å². The number of amidine groups is 1. The highest BCUT2D eigenvalue weighted by molar-refractivity contribution is 8.15. The number of aliphatic imine (C=N–C) groups is 1. The first-order valence-corrected chi connectivity index (χ1v) is 8.36. The van der Waals surface area contributed by atoms with Gasteiger partial charge in [-0.1, -0.05) is 17.8 Å². The summed E-state index contributed by atoms with van der Waals surface area (Å²) in [4.78, 5) is 11.4. The van der Waals surface area contributed by atoms with Gasteiger partial charge in [-0.15, -0.1) is 11.8 Å². The quantitative estimate of drug-likeness (QED) is 0.797. The van der Waals surface area contributed by atoms with Gasteiger partial charge in [-0.2, -0.15) is 0 Å². The second-order valence-electron chi connectivity index (χ2n) is 4.44. The van der Waals surface area contributed by atoms with Crippen LogP contribution in [0.4, 0.5) is 0 Å². The Bertz CT molecular complexity index is 435. The van der Waals surface area contributed by atoms with Crippen LogP contribution in [0.15, 0.2) is 34.4 Å². The highest BCUT2D eigenvalue weighted by atomic mass is 32.2. The molecule has 0 N–H and O–H groups in total. The zero-order valence-corrected chi connectivity index (χ0v) is 12.3. The van der Waals surface area contributed by atoms with Crippen molar-refractivity contribution in [3.8, 4) is 0 Å². The lowest BCUT2D eigenvalue weighted by Crippen LogP contribution is -2.39. The van der Waals surface area contributed by atoms with Crippen LogP contribution in [0.2, 0.25) is 0 Å². The fourth-order valence-electron chi connectivity index (χ4n) is 2.03. The van der Waals surface area contributed by atoms with Gasteiger partial charge in [0.05, 0.1) is 24.8 Å². The van der Waals surface area contributed by atoms with E-state index in [1.807, 2.05) is 41.9 Å². The molecule has 4 nitrogen and oxygen atoms in total. The first-order valence-electron chi connectivity index (χ1n) is 6.49. The van der Waals surface area contributed by atoms with Gasteiger partial charge in [-0.05, 0) is 12.1 Å². The molecule has 1 fully saturated rings. The Morgan fingerprint density at radius 2 is 2.26 bits per heavy atom. The van der Waals surface area contributed by atoms with Crippen molar-refractivity contribution >= 4 is 28.7 Å². The van der Waals surface area contributed by atoms with Gasteiger partial charge in [-0.3, -0.25) is 4.99 Å². The molecule has 1 aromatic rings. The van der Waals surface area contributed by atoms with E-state index in [4.69, 9.17) is 4.74 Å². The van der Waals surface area contributed by atoms with E-state index in [2.05, 4.69) is 20.9 Å². The monoisotopic (exact) mass is 295 g/mol.